The van der Waals surface area contributed by atoms with Gasteiger partial charge in [-0.3, -0.25) is 0 Å². The van der Waals surface area contributed by atoms with Gasteiger partial charge in [0.15, 0.2) is 17.5 Å². The molecule has 0 radical (unpaired) electrons. The first-order valence-electron chi connectivity index (χ1n) is 13.4. The van der Waals surface area contributed by atoms with Crippen LogP contribution in [0, 0.1) is 18.6 Å². The second-order valence-electron chi connectivity index (χ2n) is 11.2. The lowest BCUT2D eigenvalue weighted by atomic mass is 10.1. The van der Waals surface area contributed by atoms with Crippen LogP contribution in [-0.4, -0.2) is 72.3 Å². The van der Waals surface area contributed by atoms with Gasteiger partial charge in [0.25, 0.3) is 0 Å². The van der Waals surface area contributed by atoms with Crippen LogP contribution in [0.15, 0.2) is 30.9 Å². The minimum atomic E-state index is -0.747. The number of rotatable bonds is 5. The molecule has 4 heterocycles. The first-order chi connectivity index (χ1) is 19.4. The van der Waals surface area contributed by atoms with Gasteiger partial charge in [-0.05, 0) is 53.7 Å². The quantitative estimate of drug-likeness (QED) is 0.346. The molecule has 5 rings (SSSR count). The zero-order chi connectivity index (χ0) is 29.5. The first kappa shape index (κ1) is 28.1. The number of aromatic nitrogens is 6. The summed E-state index contributed by atoms with van der Waals surface area (Å²) >= 11 is 0. The summed E-state index contributed by atoms with van der Waals surface area (Å²) < 4.78 is 37.9. The Hall–Kier alpha value is -4.42. The zero-order valence-corrected chi connectivity index (χ0v) is 23.9. The third-order valence-corrected chi connectivity index (χ3v) is 6.64. The molecule has 1 saturated heterocycles. The second kappa shape index (κ2) is 10.9. The summed E-state index contributed by atoms with van der Waals surface area (Å²) in [6, 6.07) is 2.95. The number of piperazine rings is 1. The van der Waals surface area contributed by atoms with Gasteiger partial charge in [-0.15, -0.1) is 0 Å². The van der Waals surface area contributed by atoms with Crippen LogP contribution in [0.1, 0.15) is 46.5 Å². The molecule has 0 aliphatic carbocycles. The molecule has 3 aromatic heterocycles. The Morgan fingerprint density at radius 1 is 1.02 bits per heavy atom. The summed E-state index contributed by atoms with van der Waals surface area (Å²) in [7, 11) is 0. The Bertz CT molecular complexity index is 1570. The van der Waals surface area contributed by atoms with Crippen molar-refractivity contribution in [1.82, 2.24) is 34.4 Å². The first-order valence-corrected chi connectivity index (χ1v) is 13.4. The van der Waals surface area contributed by atoms with E-state index < -0.39 is 17.2 Å². The smallest absolute Gasteiger partial charge is 0.410 e. The normalized spacial score (nSPS) is 14.2. The van der Waals surface area contributed by atoms with Gasteiger partial charge in [0.2, 0.25) is 0 Å². The van der Waals surface area contributed by atoms with Gasteiger partial charge >= 0.3 is 6.09 Å². The van der Waals surface area contributed by atoms with E-state index in [9.17, 15) is 9.18 Å². The monoisotopic (exact) mass is 565 g/mol. The fourth-order valence-electron chi connectivity index (χ4n) is 4.83. The summed E-state index contributed by atoms with van der Waals surface area (Å²) in [4.78, 5) is 37.3. The molecule has 0 spiro atoms. The molecule has 13 heteroatoms. The lowest BCUT2D eigenvalue weighted by Gasteiger charge is -2.36. The Morgan fingerprint density at radius 3 is 2.39 bits per heavy atom. The van der Waals surface area contributed by atoms with E-state index >= 15 is 4.39 Å². The molecule has 4 aromatic rings. The largest absolute Gasteiger partial charge is 0.444 e. The number of carbonyl (C=O) groups is 1. The Morgan fingerprint density at radius 2 is 1.76 bits per heavy atom. The summed E-state index contributed by atoms with van der Waals surface area (Å²) in [6.07, 6.45) is 3.92. The van der Waals surface area contributed by atoms with Crippen molar-refractivity contribution in [3.05, 3.63) is 48.3 Å². The molecule has 216 valence electrons. The minimum Gasteiger partial charge on any atom is -0.444 e. The molecule has 0 unspecified atom stereocenters. The molecule has 0 atom stereocenters. The van der Waals surface area contributed by atoms with E-state index in [1.807, 2.05) is 51.0 Å². The van der Waals surface area contributed by atoms with E-state index in [0.29, 0.717) is 43.3 Å². The predicted molar refractivity (Wildman–Crippen MR) is 151 cm³/mol. The van der Waals surface area contributed by atoms with Crippen molar-refractivity contribution < 1.29 is 18.3 Å². The fourth-order valence-corrected chi connectivity index (χ4v) is 4.83. The van der Waals surface area contributed by atoms with Gasteiger partial charge in [-0.1, -0.05) is 0 Å². The molecule has 11 nitrogen and oxygen atoms in total. The number of amides is 1. The Balaban J connectivity index is 1.31. The third-order valence-electron chi connectivity index (χ3n) is 6.64. The zero-order valence-electron chi connectivity index (χ0n) is 23.9. The highest BCUT2D eigenvalue weighted by atomic mass is 19.1. The van der Waals surface area contributed by atoms with Crippen molar-refractivity contribution in [2.45, 2.75) is 53.2 Å². The molecular formula is C28H33F2N9O2. The van der Waals surface area contributed by atoms with Crippen LogP contribution < -0.4 is 10.2 Å². The highest BCUT2D eigenvalue weighted by Crippen LogP contribution is 2.31. The van der Waals surface area contributed by atoms with Crippen molar-refractivity contribution in [3.63, 3.8) is 0 Å². The third kappa shape index (κ3) is 5.88. The number of benzene rings is 1. The van der Waals surface area contributed by atoms with Crippen molar-refractivity contribution in [2.24, 2.45) is 0 Å². The molecule has 0 saturated carbocycles. The topological polar surface area (TPSA) is 114 Å². The fraction of sp³-hybridized carbons (Fsp3) is 0.429. The number of nitrogens with zero attached hydrogens (tertiary/aromatic N) is 8. The molecule has 1 aliphatic heterocycles. The molecular weight excluding hydrogens is 532 g/mol. The number of hydrogen-bond donors (Lipinski definition) is 1. The van der Waals surface area contributed by atoms with Gasteiger partial charge in [-0.2, -0.15) is 0 Å². The van der Waals surface area contributed by atoms with Gasteiger partial charge < -0.3 is 24.4 Å². The van der Waals surface area contributed by atoms with Crippen LogP contribution in [0.5, 0.6) is 0 Å². The summed E-state index contributed by atoms with van der Waals surface area (Å²) in [5, 5.41) is 2.84. The molecule has 1 aromatic carbocycles. The van der Waals surface area contributed by atoms with E-state index in [1.165, 1.54) is 18.6 Å². The predicted octanol–water partition coefficient (Wildman–Crippen LogP) is 5.25. The van der Waals surface area contributed by atoms with Gasteiger partial charge in [0.05, 0.1) is 17.9 Å². The van der Waals surface area contributed by atoms with Crippen molar-refractivity contribution in [2.75, 3.05) is 36.4 Å². The summed E-state index contributed by atoms with van der Waals surface area (Å²) in [5.74, 6) is 0.160. The van der Waals surface area contributed by atoms with E-state index in [1.54, 1.807) is 17.2 Å². The lowest BCUT2D eigenvalue weighted by molar-refractivity contribution is 0.0240. The van der Waals surface area contributed by atoms with Crippen LogP contribution in [0.2, 0.25) is 0 Å². The minimum absolute atomic E-state index is 0.0394. The summed E-state index contributed by atoms with van der Waals surface area (Å²) in [6.45, 7) is 13.4. The molecule has 1 N–H and O–H groups in total. The number of aryl methyl sites for hydroxylation is 1. The van der Waals surface area contributed by atoms with Crippen molar-refractivity contribution in [3.8, 4) is 11.3 Å². The summed E-state index contributed by atoms with van der Waals surface area (Å²) in [5.41, 5.74) is 0.464. The molecule has 1 aliphatic rings. The number of fused-ring (bicyclic) bond motifs is 1. The maximum absolute atomic E-state index is 15.6. The highest BCUT2D eigenvalue weighted by Gasteiger charge is 2.26. The molecule has 41 heavy (non-hydrogen) atoms. The Kier molecular flexibility index (Phi) is 7.45. The van der Waals surface area contributed by atoms with Crippen LogP contribution in [0.4, 0.5) is 31.0 Å². The number of hydrogen-bond acceptors (Lipinski definition) is 9. The van der Waals surface area contributed by atoms with Crippen molar-refractivity contribution in [1.29, 1.82) is 0 Å². The average Bonchev–Trinajstić information content (AvgIpc) is 3.26. The molecule has 1 amide bonds. The second-order valence-corrected chi connectivity index (χ2v) is 11.2. The number of imidazole rings is 1. The van der Waals surface area contributed by atoms with E-state index in [4.69, 9.17) is 4.74 Å². The van der Waals surface area contributed by atoms with E-state index in [2.05, 4.69) is 30.2 Å². The van der Waals surface area contributed by atoms with Crippen molar-refractivity contribution >= 4 is 34.6 Å². The lowest BCUT2D eigenvalue weighted by Crippen LogP contribution is -2.50. The number of anilines is 3. The van der Waals surface area contributed by atoms with E-state index in [0.717, 1.165) is 0 Å². The SMILES string of the molecule is Cc1nc2c(F)cc(-c3ncnc(Nc4cnc(N5CCN(C(=O)OC(C)(C)C)CC5)cn4)c3F)cc2n1C(C)C. The molecule has 0 bridgehead atoms. The van der Waals surface area contributed by atoms with Gasteiger partial charge in [0, 0.05) is 37.8 Å². The van der Waals surface area contributed by atoms with E-state index in [-0.39, 0.29) is 40.5 Å². The highest BCUT2D eigenvalue weighted by molar-refractivity contribution is 5.83. The van der Waals surface area contributed by atoms with Gasteiger partial charge in [-0.25, -0.2) is 38.5 Å². The number of ether oxygens (including phenoxy) is 1. The van der Waals surface area contributed by atoms with Crippen LogP contribution in [0.3, 0.4) is 0 Å². The average molecular weight is 566 g/mol. The maximum Gasteiger partial charge on any atom is 0.410 e. The van der Waals surface area contributed by atoms with Gasteiger partial charge in [0.1, 0.15) is 40.6 Å². The number of carbonyl (C=O) groups excluding carboxylic acids is 1. The standard InChI is InChI=1S/C28H33F2N9O2/c1-16(2)39-17(3)35-25-19(29)11-18(12-20(25)39)24-23(30)26(34-15-33-24)36-21-13-32-22(14-31-21)37-7-9-38(10-8-37)27(40)41-28(4,5)6/h11-16H,7-10H2,1-6H3,(H,31,33,34,36). The number of nitrogens with one attached hydrogen (secondary N) is 1. The maximum atomic E-state index is 15.6. The van der Waals surface area contributed by atoms with Crippen LogP contribution >= 0.6 is 0 Å². The Labute approximate surface area is 236 Å². The van der Waals surface area contributed by atoms with Crippen LogP contribution in [-0.2, 0) is 4.74 Å². The number of halogens is 2. The van der Waals surface area contributed by atoms with Crippen LogP contribution in [0.25, 0.3) is 22.3 Å². The molecule has 1 fully saturated rings.